The largest absolute Gasteiger partial charge is 0.389 e. The van der Waals surface area contributed by atoms with Crippen molar-refractivity contribution in [3.05, 3.63) is 22.4 Å². The number of amides is 1. The highest BCUT2D eigenvalue weighted by atomic mass is 32.1. The highest BCUT2D eigenvalue weighted by Crippen LogP contribution is 2.12. The zero-order valence-corrected chi connectivity index (χ0v) is 14.0. The molecule has 1 fully saturated rings. The molecule has 6 heteroatoms. The Bertz CT molecular complexity index is 431. The molecule has 1 aliphatic rings. The van der Waals surface area contributed by atoms with E-state index in [0.29, 0.717) is 19.6 Å². The second-order valence-electron chi connectivity index (χ2n) is 5.88. The van der Waals surface area contributed by atoms with Crippen LogP contribution in [0.5, 0.6) is 0 Å². The topological polar surface area (TPSA) is 61.8 Å². The van der Waals surface area contributed by atoms with Crippen LogP contribution in [0.25, 0.3) is 0 Å². The van der Waals surface area contributed by atoms with E-state index in [1.54, 1.807) is 18.4 Å². The number of aryl methyl sites for hydroxylation is 1. The van der Waals surface area contributed by atoms with Crippen LogP contribution in [-0.4, -0.2) is 61.4 Å². The number of ether oxygens (including phenoxy) is 1. The van der Waals surface area contributed by atoms with E-state index < -0.39 is 6.10 Å². The van der Waals surface area contributed by atoms with Crippen molar-refractivity contribution < 1.29 is 14.6 Å². The molecular formula is C16H26N2O3S. The van der Waals surface area contributed by atoms with Crippen molar-refractivity contribution in [3.8, 4) is 0 Å². The van der Waals surface area contributed by atoms with E-state index in [-0.39, 0.29) is 11.9 Å². The molecule has 2 N–H and O–H groups in total. The van der Waals surface area contributed by atoms with Gasteiger partial charge < -0.3 is 20.1 Å². The van der Waals surface area contributed by atoms with Gasteiger partial charge in [-0.2, -0.15) is 11.3 Å². The van der Waals surface area contributed by atoms with Crippen molar-refractivity contribution in [2.24, 2.45) is 0 Å². The van der Waals surface area contributed by atoms with Crippen molar-refractivity contribution in [2.45, 2.75) is 37.8 Å². The maximum Gasteiger partial charge on any atom is 0.220 e. The molecule has 22 heavy (non-hydrogen) atoms. The fourth-order valence-corrected chi connectivity index (χ4v) is 3.50. The third-order valence-electron chi connectivity index (χ3n) is 4.00. The number of thiophene rings is 1. The van der Waals surface area contributed by atoms with E-state index in [9.17, 15) is 9.90 Å². The second kappa shape index (κ2) is 9.25. The van der Waals surface area contributed by atoms with Gasteiger partial charge in [0, 0.05) is 39.2 Å². The molecule has 0 aliphatic carbocycles. The number of methoxy groups -OCH3 is 1. The number of nitrogens with zero attached hydrogens (tertiary/aromatic N) is 1. The van der Waals surface area contributed by atoms with Gasteiger partial charge in [0.1, 0.15) is 0 Å². The number of nitrogens with one attached hydrogen (secondary N) is 1. The molecule has 1 aromatic heterocycles. The van der Waals surface area contributed by atoms with E-state index in [2.05, 4.69) is 21.7 Å². The van der Waals surface area contributed by atoms with Gasteiger partial charge in [0.25, 0.3) is 0 Å². The minimum Gasteiger partial charge on any atom is -0.389 e. The van der Waals surface area contributed by atoms with Crippen LogP contribution < -0.4 is 5.32 Å². The van der Waals surface area contributed by atoms with E-state index in [4.69, 9.17) is 4.74 Å². The SMILES string of the molecule is COCC(O)CN1CCC(NC(=O)CCc2ccsc2)CC1. The standard InChI is InChI=1S/C16H26N2O3S/c1-21-11-15(19)10-18-7-4-14(5-8-18)17-16(20)3-2-13-6-9-22-12-13/h6,9,12,14-15,19H,2-5,7-8,10-11H2,1H3,(H,17,20). The predicted octanol–water partition coefficient (Wildman–Crippen LogP) is 1.27. The molecule has 2 heterocycles. The lowest BCUT2D eigenvalue weighted by Gasteiger charge is -2.33. The zero-order valence-electron chi connectivity index (χ0n) is 13.2. The summed E-state index contributed by atoms with van der Waals surface area (Å²) in [7, 11) is 1.60. The molecule has 0 saturated carbocycles. The molecule has 2 rings (SSSR count). The van der Waals surface area contributed by atoms with Gasteiger partial charge in [-0.25, -0.2) is 0 Å². The molecule has 1 unspecified atom stereocenters. The normalized spacial score (nSPS) is 18.3. The van der Waals surface area contributed by atoms with Gasteiger partial charge in [-0.1, -0.05) is 0 Å². The van der Waals surface area contributed by atoms with Crippen LogP contribution in [0.1, 0.15) is 24.8 Å². The Morgan fingerprint density at radius 1 is 1.55 bits per heavy atom. The average Bonchev–Trinajstić information content (AvgIpc) is 3.01. The number of hydrogen-bond acceptors (Lipinski definition) is 5. The number of aliphatic hydroxyl groups is 1. The monoisotopic (exact) mass is 326 g/mol. The summed E-state index contributed by atoms with van der Waals surface area (Å²) in [6.45, 7) is 2.85. The number of aliphatic hydroxyl groups excluding tert-OH is 1. The average molecular weight is 326 g/mol. The predicted molar refractivity (Wildman–Crippen MR) is 88.1 cm³/mol. The van der Waals surface area contributed by atoms with Gasteiger partial charge in [-0.05, 0) is 41.7 Å². The minimum absolute atomic E-state index is 0.143. The van der Waals surface area contributed by atoms with Crippen LogP contribution in [0.2, 0.25) is 0 Å². The molecule has 1 aliphatic heterocycles. The van der Waals surface area contributed by atoms with E-state index in [1.165, 1.54) is 5.56 Å². The first-order chi connectivity index (χ1) is 10.7. The summed E-state index contributed by atoms with van der Waals surface area (Å²) in [4.78, 5) is 14.2. The summed E-state index contributed by atoms with van der Waals surface area (Å²) in [5.74, 6) is 0.143. The smallest absolute Gasteiger partial charge is 0.220 e. The van der Waals surface area contributed by atoms with Gasteiger partial charge in [0.05, 0.1) is 12.7 Å². The number of piperidine rings is 1. The highest BCUT2D eigenvalue weighted by molar-refractivity contribution is 7.07. The number of β-amino-alcohol motifs (C(OH)–C–C–N with tert-alkyl or cyclic N) is 1. The first-order valence-electron chi connectivity index (χ1n) is 7.87. The fourth-order valence-electron chi connectivity index (χ4n) is 2.80. The summed E-state index contributed by atoms with van der Waals surface area (Å²) in [5, 5.41) is 17.0. The third kappa shape index (κ3) is 6.04. The van der Waals surface area contributed by atoms with Crippen LogP contribution >= 0.6 is 11.3 Å². The van der Waals surface area contributed by atoms with Crippen molar-refractivity contribution in [1.82, 2.24) is 10.2 Å². The summed E-state index contributed by atoms with van der Waals surface area (Å²) in [6, 6.07) is 2.34. The first kappa shape index (κ1) is 17.4. The Labute approximate surface area is 136 Å². The Morgan fingerprint density at radius 3 is 2.95 bits per heavy atom. The van der Waals surface area contributed by atoms with Crippen LogP contribution in [0, 0.1) is 0 Å². The number of carbonyl (C=O) groups excluding carboxylic acids is 1. The summed E-state index contributed by atoms with van der Waals surface area (Å²) in [6.07, 6.45) is 2.84. The van der Waals surface area contributed by atoms with Crippen molar-refractivity contribution in [1.29, 1.82) is 0 Å². The molecule has 5 nitrogen and oxygen atoms in total. The molecule has 0 spiro atoms. The highest BCUT2D eigenvalue weighted by Gasteiger charge is 2.22. The number of carbonyl (C=O) groups is 1. The molecule has 1 amide bonds. The summed E-state index contributed by atoms with van der Waals surface area (Å²) >= 11 is 1.67. The summed E-state index contributed by atoms with van der Waals surface area (Å²) < 4.78 is 4.94. The Balaban J connectivity index is 1.61. The Morgan fingerprint density at radius 2 is 2.32 bits per heavy atom. The lowest BCUT2D eigenvalue weighted by atomic mass is 10.0. The minimum atomic E-state index is -0.429. The quantitative estimate of drug-likeness (QED) is 0.755. The maximum atomic E-state index is 12.0. The molecular weight excluding hydrogens is 300 g/mol. The van der Waals surface area contributed by atoms with Gasteiger partial charge in [0.15, 0.2) is 0 Å². The van der Waals surface area contributed by atoms with Crippen LogP contribution in [0.4, 0.5) is 0 Å². The van der Waals surface area contributed by atoms with Crippen LogP contribution in [0.3, 0.4) is 0 Å². The van der Waals surface area contributed by atoms with Gasteiger partial charge in [-0.15, -0.1) is 0 Å². The molecule has 0 bridgehead atoms. The lowest BCUT2D eigenvalue weighted by Crippen LogP contribution is -2.47. The zero-order chi connectivity index (χ0) is 15.8. The number of likely N-dealkylation sites (tertiary alicyclic amines) is 1. The third-order valence-corrected chi connectivity index (χ3v) is 4.73. The lowest BCUT2D eigenvalue weighted by molar-refractivity contribution is -0.122. The molecule has 1 atom stereocenters. The second-order valence-corrected chi connectivity index (χ2v) is 6.66. The van der Waals surface area contributed by atoms with Gasteiger partial charge in [-0.3, -0.25) is 4.79 Å². The number of hydrogen-bond donors (Lipinski definition) is 2. The van der Waals surface area contributed by atoms with Crippen LogP contribution in [0.15, 0.2) is 16.8 Å². The molecule has 1 aromatic rings. The molecule has 0 aromatic carbocycles. The Hall–Kier alpha value is -0.950. The molecule has 124 valence electrons. The first-order valence-corrected chi connectivity index (χ1v) is 8.81. The Kier molecular flexibility index (Phi) is 7.32. The van der Waals surface area contributed by atoms with E-state index in [0.717, 1.165) is 32.4 Å². The van der Waals surface area contributed by atoms with Gasteiger partial charge in [0.2, 0.25) is 5.91 Å². The van der Waals surface area contributed by atoms with Crippen molar-refractivity contribution in [2.75, 3.05) is 33.4 Å². The van der Waals surface area contributed by atoms with Crippen molar-refractivity contribution >= 4 is 17.2 Å². The number of rotatable bonds is 8. The van der Waals surface area contributed by atoms with E-state index >= 15 is 0 Å². The summed E-state index contributed by atoms with van der Waals surface area (Å²) in [5.41, 5.74) is 1.24. The van der Waals surface area contributed by atoms with Crippen molar-refractivity contribution in [3.63, 3.8) is 0 Å². The van der Waals surface area contributed by atoms with Crippen LogP contribution in [-0.2, 0) is 16.0 Å². The molecule has 0 radical (unpaired) electrons. The van der Waals surface area contributed by atoms with Gasteiger partial charge >= 0.3 is 0 Å². The fraction of sp³-hybridized carbons (Fsp3) is 0.688. The molecule has 1 saturated heterocycles. The maximum absolute atomic E-state index is 12.0. The van der Waals surface area contributed by atoms with E-state index in [1.807, 2.05) is 5.38 Å².